The van der Waals surface area contributed by atoms with Gasteiger partial charge < -0.3 is 5.32 Å². The third-order valence-electron chi connectivity index (χ3n) is 3.22. The van der Waals surface area contributed by atoms with Crippen LogP contribution in [0.15, 0.2) is 49.8 Å². The Balaban J connectivity index is 2.32. The summed E-state index contributed by atoms with van der Waals surface area (Å²) in [6.07, 6.45) is 0.842. The number of likely N-dealkylation sites (N-methyl/N-ethyl adjacent to an activating group) is 1. The molecule has 0 aliphatic rings. The van der Waals surface area contributed by atoms with Gasteiger partial charge in [-0.25, -0.2) is 0 Å². The molecule has 0 bridgehead atoms. The summed E-state index contributed by atoms with van der Waals surface area (Å²) < 4.78 is 3.18. The van der Waals surface area contributed by atoms with Crippen molar-refractivity contribution in [3.63, 3.8) is 0 Å². The Morgan fingerprint density at radius 1 is 1.05 bits per heavy atom. The molecule has 0 aliphatic carbocycles. The van der Waals surface area contributed by atoms with Gasteiger partial charge >= 0.3 is 0 Å². The number of hydrogen-bond acceptors (Lipinski definition) is 1. The largest absolute Gasteiger partial charge is 0.310 e. The van der Waals surface area contributed by atoms with E-state index in [2.05, 4.69) is 78.2 Å². The van der Waals surface area contributed by atoms with Crippen LogP contribution in [0.3, 0.4) is 0 Å². The molecule has 2 aromatic rings. The molecule has 0 fully saturated rings. The fraction of sp³-hybridized carbons (Fsp3) is 0.250. The molecule has 0 saturated heterocycles. The minimum atomic E-state index is 0.209. The zero-order valence-corrected chi connectivity index (χ0v) is 17.0. The molecule has 2 aromatic carbocycles. The number of rotatable bonds is 5. The van der Waals surface area contributed by atoms with E-state index >= 15 is 0 Å². The van der Waals surface area contributed by atoms with Crippen molar-refractivity contribution in [3.05, 3.63) is 66.0 Å². The van der Waals surface area contributed by atoms with Gasteiger partial charge in [-0.05, 0) is 54.4 Å². The average Bonchev–Trinajstić information content (AvgIpc) is 2.44. The fourth-order valence-electron chi connectivity index (χ4n) is 2.23. The Kier molecular flexibility index (Phi) is 6.76. The monoisotopic (exact) mass is 493 g/mol. The lowest BCUT2D eigenvalue weighted by molar-refractivity contribution is 0.548. The van der Waals surface area contributed by atoms with Gasteiger partial charge in [-0.15, -0.1) is 0 Å². The first-order valence-electron chi connectivity index (χ1n) is 6.63. The number of benzene rings is 2. The van der Waals surface area contributed by atoms with E-state index in [0.29, 0.717) is 0 Å². The maximum absolute atomic E-state index is 6.35. The molecule has 0 heterocycles. The summed E-state index contributed by atoms with van der Waals surface area (Å²) in [7, 11) is 0. The standard InChI is InChI=1S/C16H15Br3ClN/c1-2-21-16(13-8-11(17)5-6-14(13)19)7-10-3-4-12(18)9-15(10)20/h3-6,8-9,16,21H,2,7H2,1H3. The number of halogens is 4. The van der Waals surface area contributed by atoms with Crippen molar-refractivity contribution in [3.8, 4) is 0 Å². The third-order valence-corrected chi connectivity index (χ3v) is 5.28. The molecule has 1 atom stereocenters. The van der Waals surface area contributed by atoms with E-state index in [1.807, 2.05) is 18.2 Å². The van der Waals surface area contributed by atoms with Crippen LogP contribution in [0, 0.1) is 0 Å². The highest BCUT2D eigenvalue weighted by molar-refractivity contribution is 9.11. The van der Waals surface area contributed by atoms with Gasteiger partial charge in [-0.2, -0.15) is 0 Å². The Hall–Kier alpha value is 0.130. The summed E-state index contributed by atoms with van der Waals surface area (Å²) >= 11 is 17.0. The maximum Gasteiger partial charge on any atom is 0.0449 e. The van der Waals surface area contributed by atoms with Crippen LogP contribution in [0.5, 0.6) is 0 Å². The Bertz CT molecular complexity index is 631. The second kappa shape index (κ2) is 8.11. The molecule has 5 heteroatoms. The van der Waals surface area contributed by atoms with E-state index in [1.54, 1.807) is 0 Å². The molecule has 1 N–H and O–H groups in total. The van der Waals surface area contributed by atoms with E-state index in [4.69, 9.17) is 11.6 Å². The van der Waals surface area contributed by atoms with Gasteiger partial charge in [0, 0.05) is 24.5 Å². The quantitative estimate of drug-likeness (QED) is 0.497. The zero-order chi connectivity index (χ0) is 15.4. The Morgan fingerprint density at radius 2 is 1.71 bits per heavy atom. The minimum absolute atomic E-state index is 0.209. The average molecular weight is 496 g/mol. The molecule has 0 aliphatic heterocycles. The molecular formula is C16H15Br3ClN. The normalized spacial score (nSPS) is 12.4. The predicted molar refractivity (Wildman–Crippen MR) is 101 cm³/mol. The summed E-state index contributed by atoms with van der Waals surface area (Å²) in [5, 5.41) is 4.33. The van der Waals surface area contributed by atoms with Gasteiger partial charge in [-0.1, -0.05) is 72.4 Å². The second-order valence-corrected chi connectivity index (χ2v) is 7.81. The molecular weight excluding hydrogens is 481 g/mol. The van der Waals surface area contributed by atoms with E-state index in [0.717, 1.165) is 37.0 Å². The summed E-state index contributed by atoms with van der Waals surface area (Å²) in [5.41, 5.74) is 2.36. The fourth-order valence-corrected chi connectivity index (χ4v) is 3.88. The van der Waals surface area contributed by atoms with Crippen LogP contribution in [0.1, 0.15) is 24.1 Å². The van der Waals surface area contributed by atoms with E-state index < -0.39 is 0 Å². The summed E-state index contributed by atoms with van der Waals surface area (Å²) in [4.78, 5) is 0. The predicted octanol–water partition coefficient (Wildman–Crippen LogP) is 6.52. The first-order chi connectivity index (χ1) is 10.0. The summed E-state index contributed by atoms with van der Waals surface area (Å²) in [6, 6.07) is 12.5. The summed E-state index contributed by atoms with van der Waals surface area (Å²) in [6.45, 7) is 3.01. The lowest BCUT2D eigenvalue weighted by Gasteiger charge is -2.21. The molecule has 21 heavy (non-hydrogen) atoms. The maximum atomic E-state index is 6.35. The lowest BCUT2D eigenvalue weighted by Crippen LogP contribution is -2.23. The molecule has 0 saturated carbocycles. The van der Waals surface area contributed by atoms with Crippen molar-refractivity contribution in [2.45, 2.75) is 19.4 Å². The van der Waals surface area contributed by atoms with E-state index in [-0.39, 0.29) is 6.04 Å². The van der Waals surface area contributed by atoms with Crippen LogP contribution in [-0.2, 0) is 6.42 Å². The molecule has 0 radical (unpaired) electrons. The lowest BCUT2D eigenvalue weighted by atomic mass is 9.99. The molecule has 1 nitrogen and oxygen atoms in total. The van der Waals surface area contributed by atoms with Gasteiger partial charge in [0.2, 0.25) is 0 Å². The Labute approximate surface area is 155 Å². The van der Waals surface area contributed by atoms with Crippen molar-refractivity contribution in [2.24, 2.45) is 0 Å². The third kappa shape index (κ3) is 4.80. The first kappa shape index (κ1) is 17.5. The van der Waals surface area contributed by atoms with Crippen molar-refractivity contribution in [2.75, 3.05) is 6.54 Å². The molecule has 112 valence electrons. The van der Waals surface area contributed by atoms with E-state index in [9.17, 15) is 0 Å². The molecule has 0 amide bonds. The molecule has 2 rings (SSSR count). The van der Waals surface area contributed by atoms with Crippen LogP contribution in [-0.4, -0.2) is 6.54 Å². The molecule has 1 unspecified atom stereocenters. The van der Waals surface area contributed by atoms with Crippen LogP contribution in [0.25, 0.3) is 0 Å². The van der Waals surface area contributed by atoms with Gasteiger partial charge in [0.25, 0.3) is 0 Å². The highest BCUT2D eigenvalue weighted by Crippen LogP contribution is 2.31. The highest BCUT2D eigenvalue weighted by Gasteiger charge is 2.16. The van der Waals surface area contributed by atoms with Crippen LogP contribution in [0.4, 0.5) is 0 Å². The van der Waals surface area contributed by atoms with Gasteiger partial charge in [0.15, 0.2) is 0 Å². The van der Waals surface area contributed by atoms with Crippen molar-refractivity contribution in [1.29, 1.82) is 0 Å². The Morgan fingerprint density at radius 3 is 2.38 bits per heavy atom. The van der Waals surface area contributed by atoms with Gasteiger partial charge in [-0.3, -0.25) is 0 Å². The van der Waals surface area contributed by atoms with Crippen LogP contribution in [0.2, 0.25) is 5.02 Å². The summed E-state index contributed by atoms with van der Waals surface area (Å²) in [5.74, 6) is 0. The minimum Gasteiger partial charge on any atom is -0.310 e. The number of hydrogen-bond donors (Lipinski definition) is 1. The smallest absolute Gasteiger partial charge is 0.0449 e. The van der Waals surface area contributed by atoms with Crippen LogP contribution < -0.4 is 5.32 Å². The zero-order valence-electron chi connectivity index (χ0n) is 11.5. The van der Waals surface area contributed by atoms with Crippen molar-refractivity contribution >= 4 is 59.4 Å². The van der Waals surface area contributed by atoms with Gasteiger partial charge in [0.05, 0.1) is 0 Å². The van der Waals surface area contributed by atoms with Crippen LogP contribution >= 0.6 is 59.4 Å². The second-order valence-electron chi connectivity index (χ2n) is 4.72. The molecule has 0 spiro atoms. The SMILES string of the molecule is CCNC(Cc1ccc(Br)cc1Cl)c1cc(Br)ccc1Br. The van der Waals surface area contributed by atoms with Crippen molar-refractivity contribution < 1.29 is 0 Å². The topological polar surface area (TPSA) is 12.0 Å². The van der Waals surface area contributed by atoms with Crippen molar-refractivity contribution in [1.82, 2.24) is 5.32 Å². The van der Waals surface area contributed by atoms with E-state index in [1.165, 1.54) is 5.56 Å². The highest BCUT2D eigenvalue weighted by atomic mass is 79.9. The number of nitrogens with one attached hydrogen (secondary N) is 1. The first-order valence-corrected chi connectivity index (χ1v) is 9.39. The van der Waals surface area contributed by atoms with Gasteiger partial charge in [0.1, 0.15) is 0 Å². The molecule has 0 aromatic heterocycles.